The van der Waals surface area contributed by atoms with Gasteiger partial charge in [0.05, 0.1) is 22.9 Å². The molecular weight excluding hydrogens is 350 g/mol. The summed E-state index contributed by atoms with van der Waals surface area (Å²) in [7, 11) is 0. The smallest absolute Gasteiger partial charge is 0.199 e. The first-order chi connectivity index (χ1) is 12.2. The molecule has 0 saturated carbocycles. The molecule has 1 aliphatic rings. The molecule has 1 saturated heterocycles. The predicted octanol–water partition coefficient (Wildman–Crippen LogP) is 4.31. The molecule has 1 aliphatic heterocycles. The molecule has 3 aromatic rings. The SMILES string of the molecule is C=CCn1c(C)nn(CN2CCC[C@@H]2c2nc3ccccc3s2)c1=S. The van der Waals surface area contributed by atoms with Crippen molar-refractivity contribution in [1.29, 1.82) is 0 Å². The maximum Gasteiger partial charge on any atom is 0.199 e. The fourth-order valence-corrected chi connectivity index (χ4v) is 4.90. The van der Waals surface area contributed by atoms with Crippen molar-refractivity contribution in [3.63, 3.8) is 0 Å². The van der Waals surface area contributed by atoms with Crippen LogP contribution < -0.4 is 0 Å². The van der Waals surface area contributed by atoms with E-state index in [9.17, 15) is 0 Å². The maximum absolute atomic E-state index is 5.60. The molecule has 1 atom stereocenters. The Morgan fingerprint density at radius 1 is 1.40 bits per heavy atom. The molecule has 130 valence electrons. The van der Waals surface area contributed by atoms with Gasteiger partial charge in [0.15, 0.2) is 4.77 Å². The zero-order chi connectivity index (χ0) is 17.4. The number of aromatic nitrogens is 4. The van der Waals surface area contributed by atoms with E-state index in [1.165, 1.54) is 16.1 Å². The minimum absolute atomic E-state index is 0.351. The largest absolute Gasteiger partial charge is 0.300 e. The number of hydrogen-bond acceptors (Lipinski definition) is 5. The predicted molar refractivity (Wildman–Crippen MR) is 104 cm³/mol. The van der Waals surface area contributed by atoms with Gasteiger partial charge in [-0.05, 0) is 44.1 Å². The van der Waals surface area contributed by atoms with Crippen LogP contribution >= 0.6 is 23.6 Å². The number of allylic oxidation sites excluding steroid dienone is 1. The highest BCUT2D eigenvalue weighted by Crippen LogP contribution is 2.36. The van der Waals surface area contributed by atoms with E-state index in [0.29, 0.717) is 19.3 Å². The van der Waals surface area contributed by atoms with Crippen LogP contribution in [0.3, 0.4) is 0 Å². The van der Waals surface area contributed by atoms with E-state index < -0.39 is 0 Å². The Morgan fingerprint density at radius 2 is 2.24 bits per heavy atom. The third kappa shape index (κ3) is 3.07. The van der Waals surface area contributed by atoms with E-state index in [1.54, 1.807) is 11.3 Å². The molecule has 0 N–H and O–H groups in total. The first kappa shape index (κ1) is 16.6. The lowest BCUT2D eigenvalue weighted by Crippen LogP contribution is -2.27. The Morgan fingerprint density at radius 3 is 3.04 bits per heavy atom. The summed E-state index contributed by atoms with van der Waals surface area (Å²) >= 11 is 7.40. The van der Waals surface area contributed by atoms with Crippen molar-refractivity contribution >= 4 is 33.8 Å². The quantitative estimate of drug-likeness (QED) is 0.495. The summed E-state index contributed by atoms with van der Waals surface area (Å²) in [6, 6.07) is 8.71. The van der Waals surface area contributed by atoms with Crippen LogP contribution in [0, 0.1) is 11.7 Å². The van der Waals surface area contributed by atoms with E-state index in [1.807, 2.05) is 28.3 Å². The standard InChI is InChI=1S/C18H21N5S2/c1-3-10-22-13(2)20-23(18(22)24)12-21-11-6-8-15(21)17-19-14-7-4-5-9-16(14)25-17/h3-5,7,9,15H,1,6,8,10-12H2,2H3/t15-/m1/s1. The Kier molecular flexibility index (Phi) is 4.54. The Balaban J connectivity index is 1.61. The normalized spacial score (nSPS) is 18.2. The number of hydrogen-bond donors (Lipinski definition) is 0. The molecule has 0 unspecified atom stereocenters. The summed E-state index contributed by atoms with van der Waals surface area (Å²) in [6.07, 6.45) is 4.17. The van der Waals surface area contributed by atoms with E-state index in [2.05, 4.69) is 34.8 Å². The lowest BCUT2D eigenvalue weighted by molar-refractivity contribution is 0.189. The number of rotatable bonds is 5. The highest BCUT2D eigenvalue weighted by atomic mass is 32.1. The second-order valence-electron chi connectivity index (χ2n) is 6.36. The van der Waals surface area contributed by atoms with Crippen molar-refractivity contribution < 1.29 is 0 Å². The van der Waals surface area contributed by atoms with Gasteiger partial charge in [-0.15, -0.1) is 17.9 Å². The van der Waals surface area contributed by atoms with Crippen molar-refractivity contribution in [3.05, 3.63) is 52.5 Å². The Bertz CT molecular complexity index is 934. The summed E-state index contributed by atoms with van der Waals surface area (Å²) in [5.74, 6) is 0.931. The third-order valence-electron chi connectivity index (χ3n) is 4.69. The number of aryl methyl sites for hydroxylation is 1. The molecule has 1 fully saturated rings. The zero-order valence-corrected chi connectivity index (χ0v) is 15.9. The minimum atomic E-state index is 0.351. The van der Waals surface area contributed by atoms with Gasteiger partial charge in [0, 0.05) is 13.1 Å². The molecule has 3 heterocycles. The summed E-state index contributed by atoms with van der Waals surface area (Å²) < 4.78 is 5.96. The van der Waals surface area contributed by atoms with Crippen molar-refractivity contribution in [2.24, 2.45) is 0 Å². The average molecular weight is 372 g/mol. The van der Waals surface area contributed by atoms with Crippen LogP contribution in [0.15, 0.2) is 36.9 Å². The van der Waals surface area contributed by atoms with Gasteiger partial charge >= 0.3 is 0 Å². The van der Waals surface area contributed by atoms with Crippen molar-refractivity contribution in [1.82, 2.24) is 24.2 Å². The molecule has 0 radical (unpaired) electrons. The van der Waals surface area contributed by atoms with E-state index in [-0.39, 0.29) is 0 Å². The third-order valence-corrected chi connectivity index (χ3v) is 6.26. The molecule has 4 rings (SSSR count). The fourth-order valence-electron chi connectivity index (χ4n) is 3.46. The first-order valence-electron chi connectivity index (χ1n) is 8.52. The molecule has 0 aliphatic carbocycles. The number of para-hydroxylation sites is 1. The van der Waals surface area contributed by atoms with Crippen molar-refractivity contribution in [2.45, 2.75) is 39.0 Å². The van der Waals surface area contributed by atoms with E-state index >= 15 is 0 Å². The van der Waals surface area contributed by atoms with Crippen LogP contribution in [0.5, 0.6) is 0 Å². The summed E-state index contributed by atoms with van der Waals surface area (Å²) in [4.78, 5) is 7.31. The Hall–Kier alpha value is -1.83. The van der Waals surface area contributed by atoms with Crippen molar-refractivity contribution in [2.75, 3.05) is 6.54 Å². The van der Waals surface area contributed by atoms with Crippen LogP contribution in [0.2, 0.25) is 0 Å². The highest BCUT2D eigenvalue weighted by Gasteiger charge is 2.29. The number of thiazole rings is 1. The summed E-state index contributed by atoms with van der Waals surface area (Å²) in [5.41, 5.74) is 1.09. The second kappa shape index (κ2) is 6.82. The lowest BCUT2D eigenvalue weighted by Gasteiger charge is -2.22. The number of likely N-dealkylation sites (tertiary alicyclic amines) is 1. The van der Waals surface area contributed by atoms with Gasteiger partial charge < -0.3 is 4.57 Å². The number of benzene rings is 1. The zero-order valence-electron chi connectivity index (χ0n) is 14.3. The van der Waals surface area contributed by atoms with Gasteiger partial charge in [-0.3, -0.25) is 4.90 Å². The van der Waals surface area contributed by atoms with E-state index in [4.69, 9.17) is 17.2 Å². The van der Waals surface area contributed by atoms with Crippen molar-refractivity contribution in [3.8, 4) is 0 Å². The summed E-state index contributed by atoms with van der Waals surface area (Å²) in [5, 5.41) is 5.83. The van der Waals surface area contributed by atoms with Crippen LogP contribution in [0.25, 0.3) is 10.2 Å². The topological polar surface area (TPSA) is 38.9 Å². The van der Waals surface area contributed by atoms with Gasteiger partial charge in [-0.25, -0.2) is 9.67 Å². The van der Waals surface area contributed by atoms with Gasteiger partial charge in [0.1, 0.15) is 10.8 Å². The minimum Gasteiger partial charge on any atom is -0.300 e. The number of fused-ring (bicyclic) bond motifs is 1. The maximum atomic E-state index is 5.60. The van der Waals surface area contributed by atoms with Crippen LogP contribution in [0.1, 0.15) is 29.7 Å². The second-order valence-corrected chi connectivity index (χ2v) is 7.79. The molecule has 0 spiro atoms. The lowest BCUT2D eigenvalue weighted by atomic mass is 10.2. The molecule has 5 nitrogen and oxygen atoms in total. The Labute approximate surface area is 156 Å². The molecule has 0 bridgehead atoms. The number of nitrogens with zero attached hydrogens (tertiary/aromatic N) is 5. The van der Waals surface area contributed by atoms with Gasteiger partial charge in [-0.2, -0.15) is 5.10 Å². The fraction of sp³-hybridized carbons (Fsp3) is 0.389. The van der Waals surface area contributed by atoms with Gasteiger partial charge in [0.25, 0.3) is 0 Å². The molecular formula is C18H21N5S2. The van der Waals surface area contributed by atoms with Crippen LogP contribution in [0.4, 0.5) is 0 Å². The molecule has 7 heteroatoms. The van der Waals surface area contributed by atoms with Crippen LogP contribution in [-0.4, -0.2) is 30.8 Å². The highest BCUT2D eigenvalue weighted by molar-refractivity contribution is 7.71. The van der Waals surface area contributed by atoms with Gasteiger partial charge in [0.2, 0.25) is 0 Å². The molecule has 1 aromatic carbocycles. The molecule has 25 heavy (non-hydrogen) atoms. The van der Waals surface area contributed by atoms with Crippen LogP contribution in [-0.2, 0) is 13.2 Å². The molecule has 2 aromatic heterocycles. The average Bonchev–Trinajstić information content (AvgIpc) is 3.29. The first-order valence-corrected chi connectivity index (χ1v) is 9.74. The monoisotopic (exact) mass is 371 g/mol. The summed E-state index contributed by atoms with van der Waals surface area (Å²) in [6.45, 7) is 8.26. The van der Waals surface area contributed by atoms with E-state index in [0.717, 1.165) is 29.1 Å². The molecule has 0 amide bonds. The van der Waals surface area contributed by atoms with Gasteiger partial charge in [-0.1, -0.05) is 18.2 Å².